The lowest BCUT2D eigenvalue weighted by Gasteiger charge is -2.40. The summed E-state index contributed by atoms with van der Waals surface area (Å²) in [5, 5.41) is 0. The lowest BCUT2D eigenvalue weighted by molar-refractivity contribution is -0.136. The Morgan fingerprint density at radius 2 is 1.88 bits per heavy atom. The van der Waals surface area contributed by atoms with Crippen LogP contribution in [0.5, 0.6) is 0 Å². The van der Waals surface area contributed by atoms with Crippen LogP contribution in [0.25, 0.3) is 6.08 Å². The largest absolute Gasteiger partial charge is 0.341 e. The first kappa shape index (κ1) is 16.8. The number of piperidine rings is 1. The number of carbonyl (C=O) groups is 1. The van der Waals surface area contributed by atoms with E-state index < -0.39 is 16.1 Å². The number of nitrogens with zero attached hydrogens (tertiary/aromatic N) is 2. The van der Waals surface area contributed by atoms with Gasteiger partial charge in [-0.1, -0.05) is 36.4 Å². The van der Waals surface area contributed by atoms with Crippen molar-refractivity contribution in [3.05, 3.63) is 41.5 Å². The normalized spacial score (nSPS) is 25.5. The van der Waals surface area contributed by atoms with Gasteiger partial charge in [0.1, 0.15) is 6.04 Å². The Bertz CT molecular complexity index is 823. The number of sulfonamides is 1. The van der Waals surface area contributed by atoms with Gasteiger partial charge >= 0.3 is 0 Å². The number of carbonyl (C=O) groups excluding carboxylic acids is 1. The molecule has 1 aromatic rings. The number of benzene rings is 1. The van der Waals surface area contributed by atoms with Crippen molar-refractivity contribution in [3.63, 3.8) is 0 Å². The smallest absolute Gasteiger partial charge is 0.241 e. The number of likely N-dealkylation sites (tertiary alicyclic amines) is 1. The second-order valence-electron chi connectivity index (χ2n) is 7.43. The van der Waals surface area contributed by atoms with E-state index >= 15 is 0 Å². The van der Waals surface area contributed by atoms with Gasteiger partial charge in [-0.15, -0.1) is 0 Å². The molecule has 2 heterocycles. The molecule has 2 fully saturated rings. The molecule has 0 unspecified atom stereocenters. The third kappa shape index (κ3) is 2.81. The second-order valence-corrected chi connectivity index (χ2v) is 9.37. The number of allylic oxidation sites excluding steroid dienone is 1. The third-order valence-corrected chi connectivity index (χ3v) is 7.25. The van der Waals surface area contributed by atoms with E-state index in [2.05, 4.69) is 36.4 Å². The molecule has 0 radical (unpaired) electrons. The zero-order chi connectivity index (χ0) is 17.7. The number of fused-ring (bicyclic) bond motifs is 2. The lowest BCUT2D eigenvalue weighted by atomic mass is 9.74. The van der Waals surface area contributed by atoms with Gasteiger partial charge in [-0.2, -0.15) is 4.31 Å². The molecule has 0 saturated carbocycles. The van der Waals surface area contributed by atoms with Crippen molar-refractivity contribution < 1.29 is 13.2 Å². The van der Waals surface area contributed by atoms with Crippen molar-refractivity contribution in [1.29, 1.82) is 0 Å². The van der Waals surface area contributed by atoms with Gasteiger partial charge in [-0.25, -0.2) is 8.42 Å². The van der Waals surface area contributed by atoms with Crippen molar-refractivity contribution in [2.45, 2.75) is 37.1 Å². The van der Waals surface area contributed by atoms with Crippen LogP contribution in [0.4, 0.5) is 0 Å². The van der Waals surface area contributed by atoms with Crippen molar-refractivity contribution in [2.24, 2.45) is 0 Å². The average molecular weight is 360 g/mol. The first-order valence-corrected chi connectivity index (χ1v) is 10.8. The van der Waals surface area contributed by atoms with E-state index in [1.165, 1.54) is 21.7 Å². The van der Waals surface area contributed by atoms with Gasteiger partial charge in [-0.05, 0) is 36.8 Å². The number of hydrogen-bond donors (Lipinski definition) is 0. The number of hydrogen-bond acceptors (Lipinski definition) is 3. The maximum atomic E-state index is 12.9. The Hall–Kier alpha value is -1.66. The van der Waals surface area contributed by atoms with E-state index in [9.17, 15) is 13.2 Å². The summed E-state index contributed by atoms with van der Waals surface area (Å²) in [6.45, 7) is 1.83. The molecule has 3 aliphatic rings. The molecule has 134 valence electrons. The summed E-state index contributed by atoms with van der Waals surface area (Å²) in [6, 6.07) is 7.96. The molecule has 2 aliphatic heterocycles. The highest BCUT2D eigenvalue weighted by Crippen LogP contribution is 2.43. The van der Waals surface area contributed by atoms with Gasteiger partial charge in [0.2, 0.25) is 15.9 Å². The molecule has 0 aromatic heterocycles. The van der Waals surface area contributed by atoms with Gasteiger partial charge in [0.15, 0.2) is 0 Å². The van der Waals surface area contributed by atoms with Gasteiger partial charge < -0.3 is 4.90 Å². The van der Waals surface area contributed by atoms with Crippen LogP contribution in [0.3, 0.4) is 0 Å². The Morgan fingerprint density at radius 1 is 1.16 bits per heavy atom. The Morgan fingerprint density at radius 3 is 2.60 bits per heavy atom. The fourth-order valence-electron chi connectivity index (χ4n) is 4.59. The zero-order valence-corrected chi connectivity index (χ0v) is 15.3. The SMILES string of the molecule is CS(=O)(=O)N1CCC[C@H]1C(=O)N1CCC2(C=Cc3ccccc32)CC1. The fourth-order valence-corrected chi connectivity index (χ4v) is 5.71. The van der Waals surface area contributed by atoms with Crippen molar-refractivity contribution in [1.82, 2.24) is 9.21 Å². The first-order chi connectivity index (χ1) is 11.9. The summed E-state index contributed by atoms with van der Waals surface area (Å²) in [5.74, 6) is -0.0203. The third-order valence-electron chi connectivity index (χ3n) is 5.96. The Labute approximate surface area is 149 Å². The van der Waals surface area contributed by atoms with Gasteiger partial charge in [-0.3, -0.25) is 4.79 Å². The number of amides is 1. The molecule has 5 nitrogen and oxygen atoms in total. The molecule has 1 aromatic carbocycles. The molecule has 1 spiro atoms. The van der Waals surface area contributed by atoms with Crippen LogP contribution >= 0.6 is 0 Å². The molecular weight excluding hydrogens is 336 g/mol. The molecule has 2 saturated heterocycles. The second kappa shape index (κ2) is 5.95. The van der Waals surface area contributed by atoms with E-state index in [-0.39, 0.29) is 11.3 Å². The fraction of sp³-hybridized carbons (Fsp3) is 0.526. The maximum absolute atomic E-state index is 12.9. The highest BCUT2D eigenvalue weighted by molar-refractivity contribution is 7.88. The highest BCUT2D eigenvalue weighted by atomic mass is 32.2. The van der Waals surface area contributed by atoms with Crippen LogP contribution in [0.1, 0.15) is 36.8 Å². The molecule has 1 atom stereocenters. The summed E-state index contributed by atoms with van der Waals surface area (Å²) in [6.07, 6.45) is 8.88. The van der Waals surface area contributed by atoms with E-state index in [1.54, 1.807) is 0 Å². The summed E-state index contributed by atoms with van der Waals surface area (Å²) < 4.78 is 25.2. The van der Waals surface area contributed by atoms with Gasteiger partial charge in [0.05, 0.1) is 6.26 Å². The molecule has 1 amide bonds. The molecule has 0 bridgehead atoms. The standard InChI is InChI=1S/C19H24N2O3S/c1-25(23,24)21-12-4-7-17(21)18(22)20-13-10-19(11-14-20)9-8-15-5-2-3-6-16(15)19/h2-3,5-6,8-9,17H,4,7,10-14H2,1H3/t17-/m0/s1. The van der Waals surface area contributed by atoms with Gasteiger partial charge in [0, 0.05) is 25.0 Å². The summed E-state index contributed by atoms with van der Waals surface area (Å²) in [7, 11) is -3.32. The summed E-state index contributed by atoms with van der Waals surface area (Å²) >= 11 is 0. The van der Waals surface area contributed by atoms with Crippen molar-refractivity contribution >= 4 is 22.0 Å². The Balaban J connectivity index is 1.48. The molecular formula is C19H24N2O3S. The Kier molecular flexibility index (Phi) is 4.00. The predicted molar refractivity (Wildman–Crippen MR) is 97.5 cm³/mol. The molecule has 1 aliphatic carbocycles. The molecule has 6 heteroatoms. The minimum absolute atomic E-state index is 0.0203. The van der Waals surface area contributed by atoms with E-state index in [1.807, 2.05) is 4.90 Å². The van der Waals surface area contributed by atoms with Crippen LogP contribution in [-0.2, 0) is 20.2 Å². The van der Waals surface area contributed by atoms with E-state index in [0.29, 0.717) is 26.1 Å². The topological polar surface area (TPSA) is 57.7 Å². The summed E-state index contributed by atoms with van der Waals surface area (Å²) in [5.41, 5.74) is 2.68. The lowest BCUT2D eigenvalue weighted by Crippen LogP contribution is -2.51. The van der Waals surface area contributed by atoms with Gasteiger partial charge in [0.25, 0.3) is 0 Å². The maximum Gasteiger partial charge on any atom is 0.241 e. The highest BCUT2D eigenvalue weighted by Gasteiger charge is 2.43. The minimum atomic E-state index is -3.32. The first-order valence-electron chi connectivity index (χ1n) is 8.95. The molecule has 4 rings (SSSR count). The monoisotopic (exact) mass is 360 g/mol. The van der Waals surface area contributed by atoms with Crippen molar-refractivity contribution in [3.8, 4) is 0 Å². The van der Waals surface area contributed by atoms with Crippen LogP contribution < -0.4 is 0 Å². The number of rotatable bonds is 2. The van der Waals surface area contributed by atoms with Crippen LogP contribution in [0, 0.1) is 0 Å². The van der Waals surface area contributed by atoms with Crippen LogP contribution in [0.15, 0.2) is 30.3 Å². The minimum Gasteiger partial charge on any atom is -0.341 e. The van der Waals surface area contributed by atoms with E-state index in [4.69, 9.17) is 0 Å². The molecule has 25 heavy (non-hydrogen) atoms. The zero-order valence-electron chi connectivity index (χ0n) is 14.5. The van der Waals surface area contributed by atoms with E-state index in [0.717, 1.165) is 19.3 Å². The van der Waals surface area contributed by atoms with Crippen LogP contribution in [0.2, 0.25) is 0 Å². The van der Waals surface area contributed by atoms with Crippen molar-refractivity contribution in [2.75, 3.05) is 25.9 Å². The predicted octanol–water partition coefficient (Wildman–Crippen LogP) is 2.00. The molecule has 0 N–H and O–H groups in total. The quantitative estimate of drug-likeness (QED) is 0.810. The average Bonchev–Trinajstić information content (AvgIpc) is 3.21. The summed E-state index contributed by atoms with van der Waals surface area (Å²) in [4.78, 5) is 14.8. The van der Waals surface area contributed by atoms with Crippen LogP contribution in [-0.4, -0.2) is 55.5 Å².